The summed E-state index contributed by atoms with van der Waals surface area (Å²) in [4.78, 5) is 0. The van der Waals surface area contributed by atoms with Crippen molar-refractivity contribution in [2.24, 2.45) is 0 Å². The van der Waals surface area contributed by atoms with Crippen LogP contribution < -0.4 is 0 Å². The molecule has 0 bridgehead atoms. The summed E-state index contributed by atoms with van der Waals surface area (Å²) in [5, 5.41) is 19.5. The SMILES string of the molecule is CCC(C)c1ccc(O)c(O)c1C(C)CC. The van der Waals surface area contributed by atoms with Crippen LogP contribution in [-0.4, -0.2) is 10.2 Å². The van der Waals surface area contributed by atoms with Crippen LogP contribution in [0.5, 0.6) is 11.5 Å². The van der Waals surface area contributed by atoms with Gasteiger partial charge in [-0.2, -0.15) is 0 Å². The fraction of sp³-hybridized carbons (Fsp3) is 0.571. The van der Waals surface area contributed by atoms with Gasteiger partial charge in [0.25, 0.3) is 0 Å². The molecule has 2 N–H and O–H groups in total. The summed E-state index contributed by atoms with van der Waals surface area (Å²) < 4.78 is 0. The van der Waals surface area contributed by atoms with Crippen LogP contribution in [0.25, 0.3) is 0 Å². The van der Waals surface area contributed by atoms with Crippen LogP contribution in [0.4, 0.5) is 0 Å². The first-order chi connectivity index (χ1) is 7.52. The average molecular weight is 222 g/mol. The highest BCUT2D eigenvalue weighted by Gasteiger charge is 2.19. The van der Waals surface area contributed by atoms with E-state index >= 15 is 0 Å². The first kappa shape index (κ1) is 12.9. The zero-order chi connectivity index (χ0) is 12.3. The van der Waals surface area contributed by atoms with Crippen molar-refractivity contribution in [3.8, 4) is 11.5 Å². The molecular weight excluding hydrogens is 200 g/mol. The Morgan fingerprint density at radius 1 is 1.00 bits per heavy atom. The number of hydrogen-bond donors (Lipinski definition) is 2. The number of benzene rings is 1. The minimum Gasteiger partial charge on any atom is -0.504 e. The van der Waals surface area contributed by atoms with E-state index in [1.165, 1.54) is 0 Å². The number of hydrogen-bond acceptors (Lipinski definition) is 2. The van der Waals surface area contributed by atoms with Crippen LogP contribution >= 0.6 is 0 Å². The standard InChI is InChI=1S/C14H22O2/c1-5-9(3)11-7-8-12(15)14(16)13(11)10(4)6-2/h7-10,15-16H,5-6H2,1-4H3. The largest absolute Gasteiger partial charge is 0.504 e. The zero-order valence-electron chi connectivity index (χ0n) is 10.6. The van der Waals surface area contributed by atoms with Gasteiger partial charge in [-0.1, -0.05) is 33.8 Å². The van der Waals surface area contributed by atoms with Crippen LogP contribution in [0.2, 0.25) is 0 Å². The molecule has 0 aliphatic heterocycles. The summed E-state index contributed by atoms with van der Waals surface area (Å²) in [6, 6.07) is 3.52. The van der Waals surface area contributed by atoms with Gasteiger partial charge in [-0.05, 0) is 36.3 Å². The summed E-state index contributed by atoms with van der Waals surface area (Å²) in [6.07, 6.45) is 1.99. The fourth-order valence-corrected chi connectivity index (χ4v) is 1.98. The molecule has 0 radical (unpaired) electrons. The van der Waals surface area contributed by atoms with Crippen LogP contribution in [0.15, 0.2) is 12.1 Å². The van der Waals surface area contributed by atoms with Gasteiger partial charge in [0.2, 0.25) is 0 Å². The van der Waals surface area contributed by atoms with Gasteiger partial charge in [-0.15, -0.1) is 0 Å². The second-order valence-corrected chi connectivity index (χ2v) is 4.55. The number of aromatic hydroxyl groups is 2. The molecule has 1 aromatic rings. The highest BCUT2D eigenvalue weighted by Crippen LogP contribution is 2.40. The molecule has 2 unspecified atom stereocenters. The van der Waals surface area contributed by atoms with Crippen molar-refractivity contribution in [2.45, 2.75) is 52.4 Å². The zero-order valence-corrected chi connectivity index (χ0v) is 10.6. The van der Waals surface area contributed by atoms with Gasteiger partial charge in [-0.3, -0.25) is 0 Å². The molecule has 2 atom stereocenters. The van der Waals surface area contributed by atoms with Crippen molar-refractivity contribution in [3.05, 3.63) is 23.3 Å². The second-order valence-electron chi connectivity index (χ2n) is 4.55. The Balaban J connectivity index is 3.32. The lowest BCUT2D eigenvalue weighted by molar-refractivity contribution is 0.394. The molecule has 0 fully saturated rings. The van der Waals surface area contributed by atoms with E-state index in [1.54, 1.807) is 6.07 Å². The molecule has 1 aromatic carbocycles. The molecule has 0 amide bonds. The summed E-state index contributed by atoms with van der Waals surface area (Å²) in [7, 11) is 0. The van der Waals surface area contributed by atoms with Crippen molar-refractivity contribution < 1.29 is 10.2 Å². The van der Waals surface area contributed by atoms with Gasteiger partial charge in [0, 0.05) is 5.56 Å². The van der Waals surface area contributed by atoms with Gasteiger partial charge in [0.15, 0.2) is 11.5 Å². The van der Waals surface area contributed by atoms with Gasteiger partial charge in [0.05, 0.1) is 0 Å². The minimum atomic E-state index is -0.0117. The van der Waals surface area contributed by atoms with Crippen molar-refractivity contribution in [1.29, 1.82) is 0 Å². The lowest BCUT2D eigenvalue weighted by atomic mass is 9.86. The highest BCUT2D eigenvalue weighted by molar-refractivity contribution is 5.51. The van der Waals surface area contributed by atoms with Gasteiger partial charge in [0.1, 0.15) is 0 Å². The van der Waals surface area contributed by atoms with E-state index in [4.69, 9.17) is 0 Å². The number of rotatable bonds is 4. The molecule has 1 rings (SSSR count). The van der Waals surface area contributed by atoms with Crippen LogP contribution in [0.1, 0.15) is 63.5 Å². The molecule has 16 heavy (non-hydrogen) atoms. The molecule has 0 saturated heterocycles. The van der Waals surface area contributed by atoms with Gasteiger partial charge >= 0.3 is 0 Å². The Morgan fingerprint density at radius 2 is 1.56 bits per heavy atom. The van der Waals surface area contributed by atoms with E-state index in [0.29, 0.717) is 5.92 Å². The average Bonchev–Trinajstić information content (AvgIpc) is 2.30. The Morgan fingerprint density at radius 3 is 2.06 bits per heavy atom. The van der Waals surface area contributed by atoms with E-state index in [-0.39, 0.29) is 17.4 Å². The van der Waals surface area contributed by atoms with Crippen molar-refractivity contribution in [3.63, 3.8) is 0 Å². The number of phenolic OH excluding ortho intramolecular Hbond substituents is 2. The summed E-state index contributed by atoms with van der Waals surface area (Å²) in [5.41, 5.74) is 2.07. The Hall–Kier alpha value is -1.18. The lowest BCUT2D eigenvalue weighted by Crippen LogP contribution is -2.02. The van der Waals surface area contributed by atoms with Gasteiger partial charge in [-0.25, -0.2) is 0 Å². The van der Waals surface area contributed by atoms with Crippen LogP contribution in [0.3, 0.4) is 0 Å². The molecule has 0 aromatic heterocycles. The third kappa shape index (κ3) is 2.31. The summed E-state index contributed by atoms with van der Waals surface area (Å²) in [5.74, 6) is 0.737. The number of phenols is 2. The minimum absolute atomic E-state index is 0.0117. The Bertz CT molecular complexity index is 358. The highest BCUT2D eigenvalue weighted by atomic mass is 16.3. The third-order valence-corrected chi connectivity index (χ3v) is 3.48. The van der Waals surface area contributed by atoms with E-state index in [2.05, 4.69) is 27.7 Å². The van der Waals surface area contributed by atoms with E-state index < -0.39 is 0 Å². The van der Waals surface area contributed by atoms with Gasteiger partial charge < -0.3 is 10.2 Å². The maximum absolute atomic E-state index is 9.97. The molecule has 0 aliphatic carbocycles. The van der Waals surface area contributed by atoms with Crippen molar-refractivity contribution >= 4 is 0 Å². The molecule has 0 heterocycles. The maximum atomic E-state index is 9.97. The predicted octanol–water partition coefficient (Wildman–Crippen LogP) is 4.12. The van der Waals surface area contributed by atoms with Crippen LogP contribution in [0, 0.1) is 0 Å². The predicted molar refractivity (Wildman–Crippen MR) is 67.2 cm³/mol. The summed E-state index contributed by atoms with van der Waals surface area (Å²) in [6.45, 7) is 8.46. The lowest BCUT2D eigenvalue weighted by Gasteiger charge is -2.21. The second kappa shape index (κ2) is 5.24. The monoisotopic (exact) mass is 222 g/mol. The normalized spacial score (nSPS) is 14.8. The molecule has 2 nitrogen and oxygen atoms in total. The molecule has 0 spiro atoms. The van der Waals surface area contributed by atoms with E-state index in [9.17, 15) is 10.2 Å². The third-order valence-electron chi connectivity index (χ3n) is 3.48. The van der Waals surface area contributed by atoms with E-state index in [0.717, 1.165) is 24.0 Å². The quantitative estimate of drug-likeness (QED) is 0.752. The first-order valence-electron chi connectivity index (χ1n) is 6.07. The topological polar surface area (TPSA) is 40.5 Å². The summed E-state index contributed by atoms with van der Waals surface area (Å²) >= 11 is 0. The Kier molecular flexibility index (Phi) is 4.22. The van der Waals surface area contributed by atoms with E-state index in [1.807, 2.05) is 6.07 Å². The van der Waals surface area contributed by atoms with Crippen LogP contribution in [-0.2, 0) is 0 Å². The maximum Gasteiger partial charge on any atom is 0.161 e. The molecule has 0 saturated carbocycles. The van der Waals surface area contributed by atoms with Crippen molar-refractivity contribution in [2.75, 3.05) is 0 Å². The first-order valence-corrected chi connectivity index (χ1v) is 6.07. The smallest absolute Gasteiger partial charge is 0.161 e. The Labute approximate surface area is 97.9 Å². The fourth-order valence-electron chi connectivity index (χ4n) is 1.98. The molecule has 2 heteroatoms. The molecular formula is C14H22O2. The van der Waals surface area contributed by atoms with Crippen molar-refractivity contribution in [1.82, 2.24) is 0 Å². The molecule has 90 valence electrons. The molecule has 0 aliphatic rings.